The molecule has 0 saturated carbocycles. The highest BCUT2D eigenvalue weighted by atomic mass is 32.2. The van der Waals surface area contributed by atoms with Crippen LogP contribution in [0.15, 0.2) is 35.7 Å². The maximum atomic E-state index is 12.5. The lowest BCUT2D eigenvalue weighted by Gasteiger charge is -2.13. The predicted molar refractivity (Wildman–Crippen MR) is 61.8 cm³/mol. The minimum Gasteiger partial charge on any atom is -0.378 e. The van der Waals surface area contributed by atoms with Crippen molar-refractivity contribution in [1.29, 1.82) is 0 Å². The molecule has 98 valence electrons. The van der Waals surface area contributed by atoms with E-state index in [0.29, 0.717) is 0 Å². The molecule has 1 aromatic rings. The number of anilines is 1. The summed E-state index contributed by atoms with van der Waals surface area (Å²) in [6.45, 7) is 0. The number of benzene rings is 1. The van der Waals surface area contributed by atoms with Crippen LogP contribution in [0.4, 0.5) is 18.9 Å². The summed E-state index contributed by atoms with van der Waals surface area (Å²) in [5, 5.41) is 3.81. The molecule has 0 aromatic heterocycles. The highest BCUT2D eigenvalue weighted by molar-refractivity contribution is 7.94. The molecule has 3 nitrogen and oxygen atoms in total. The summed E-state index contributed by atoms with van der Waals surface area (Å²) in [4.78, 5) is 0. The van der Waals surface area contributed by atoms with Crippen LogP contribution >= 0.6 is 0 Å². The van der Waals surface area contributed by atoms with E-state index in [1.165, 1.54) is 18.2 Å². The van der Waals surface area contributed by atoms with Gasteiger partial charge in [-0.2, -0.15) is 13.2 Å². The van der Waals surface area contributed by atoms with Gasteiger partial charge in [0.25, 0.3) is 0 Å². The van der Waals surface area contributed by atoms with Crippen LogP contribution in [0.1, 0.15) is 5.56 Å². The molecule has 1 N–H and O–H groups in total. The summed E-state index contributed by atoms with van der Waals surface area (Å²) in [7, 11) is -3.22. The number of nitrogens with one attached hydrogen (secondary N) is 1. The van der Waals surface area contributed by atoms with Gasteiger partial charge in [0.1, 0.15) is 0 Å². The Labute approximate surface area is 102 Å². The Kier molecular flexibility index (Phi) is 3.10. The third-order valence-corrected chi connectivity index (χ3v) is 3.87. The van der Waals surface area contributed by atoms with Crippen molar-refractivity contribution in [3.63, 3.8) is 0 Å². The summed E-state index contributed by atoms with van der Waals surface area (Å²) in [5.41, 5.74) is -0.520. The molecule has 2 rings (SSSR count). The molecule has 0 aliphatic carbocycles. The normalized spacial score (nSPS) is 22.1. The lowest BCUT2D eigenvalue weighted by molar-refractivity contribution is -0.137. The average molecular weight is 277 g/mol. The number of hydrogen-bond donors (Lipinski definition) is 1. The molecule has 18 heavy (non-hydrogen) atoms. The van der Waals surface area contributed by atoms with Gasteiger partial charge >= 0.3 is 6.18 Å². The highest BCUT2D eigenvalue weighted by Gasteiger charge is 2.30. The molecule has 1 heterocycles. The smallest absolute Gasteiger partial charge is 0.378 e. The highest BCUT2D eigenvalue weighted by Crippen LogP contribution is 2.31. The predicted octanol–water partition coefficient (Wildman–Crippen LogP) is 2.43. The van der Waals surface area contributed by atoms with Gasteiger partial charge in [0.05, 0.1) is 17.4 Å². The lowest BCUT2D eigenvalue weighted by Crippen LogP contribution is -2.21. The van der Waals surface area contributed by atoms with Crippen LogP contribution in [0, 0.1) is 0 Å². The van der Waals surface area contributed by atoms with Crippen LogP contribution in [0.2, 0.25) is 0 Å². The Morgan fingerprint density at radius 3 is 2.56 bits per heavy atom. The molecule has 0 radical (unpaired) electrons. The fourth-order valence-electron chi connectivity index (χ4n) is 1.67. The fraction of sp³-hybridized carbons (Fsp3) is 0.273. The van der Waals surface area contributed by atoms with Crippen molar-refractivity contribution in [2.75, 3.05) is 11.1 Å². The van der Waals surface area contributed by atoms with Crippen molar-refractivity contribution in [1.82, 2.24) is 0 Å². The van der Waals surface area contributed by atoms with Gasteiger partial charge in [0.15, 0.2) is 9.84 Å². The van der Waals surface area contributed by atoms with Crippen molar-refractivity contribution in [2.24, 2.45) is 0 Å². The van der Waals surface area contributed by atoms with Crippen molar-refractivity contribution < 1.29 is 21.6 Å². The molecule has 0 unspecified atom stereocenters. The van der Waals surface area contributed by atoms with Crippen molar-refractivity contribution in [3.8, 4) is 0 Å². The van der Waals surface area contributed by atoms with Gasteiger partial charge in [-0.3, -0.25) is 0 Å². The SMILES string of the molecule is O=S1(=O)C=C[C@H](Nc2cccc(C(F)(F)F)c2)C1. The number of rotatable bonds is 2. The van der Waals surface area contributed by atoms with Gasteiger partial charge in [0.2, 0.25) is 0 Å². The number of halogens is 3. The standard InChI is InChI=1S/C11H10F3NO2S/c12-11(13,14)8-2-1-3-9(6-8)15-10-4-5-18(16,17)7-10/h1-6,10,15H,7H2/t10-/m0/s1. The second-order valence-electron chi connectivity index (χ2n) is 3.99. The number of alkyl halides is 3. The van der Waals surface area contributed by atoms with Gasteiger partial charge in [-0.05, 0) is 18.2 Å². The molecule has 0 bridgehead atoms. The monoisotopic (exact) mass is 277 g/mol. The quantitative estimate of drug-likeness (QED) is 0.903. The van der Waals surface area contributed by atoms with Crippen LogP contribution < -0.4 is 5.32 Å². The van der Waals surface area contributed by atoms with Gasteiger partial charge < -0.3 is 5.32 Å². The molecule has 7 heteroatoms. The van der Waals surface area contributed by atoms with E-state index in [2.05, 4.69) is 5.32 Å². The first-order valence-corrected chi connectivity index (χ1v) is 6.83. The summed E-state index contributed by atoms with van der Waals surface area (Å²) < 4.78 is 59.7. The summed E-state index contributed by atoms with van der Waals surface area (Å²) in [6, 6.07) is 4.18. The molecule has 0 spiro atoms. The topological polar surface area (TPSA) is 46.2 Å². The molecular formula is C11H10F3NO2S. The fourth-order valence-corrected chi connectivity index (χ4v) is 2.90. The van der Waals surface area contributed by atoms with Crippen LogP contribution in [0.3, 0.4) is 0 Å². The van der Waals surface area contributed by atoms with E-state index in [1.54, 1.807) is 0 Å². The molecule has 1 aliphatic rings. The van der Waals surface area contributed by atoms with Gasteiger partial charge in [-0.1, -0.05) is 12.1 Å². The molecular weight excluding hydrogens is 267 g/mol. The van der Waals surface area contributed by atoms with Crippen LogP contribution in [-0.4, -0.2) is 20.2 Å². The summed E-state index contributed by atoms with van der Waals surface area (Å²) in [6.07, 6.45) is -2.98. The Hall–Kier alpha value is -1.50. The molecule has 1 aliphatic heterocycles. The first-order chi connectivity index (χ1) is 8.26. The first kappa shape index (κ1) is 12.9. The van der Waals surface area contributed by atoms with E-state index in [-0.39, 0.29) is 11.4 Å². The minimum atomic E-state index is -4.41. The zero-order chi connectivity index (χ0) is 13.4. The molecule has 1 aromatic carbocycles. The van der Waals surface area contributed by atoms with Crippen molar-refractivity contribution in [3.05, 3.63) is 41.3 Å². The Morgan fingerprint density at radius 2 is 2.00 bits per heavy atom. The zero-order valence-corrected chi connectivity index (χ0v) is 9.92. The van der Waals surface area contributed by atoms with E-state index in [9.17, 15) is 21.6 Å². The maximum Gasteiger partial charge on any atom is 0.416 e. The lowest BCUT2D eigenvalue weighted by atomic mass is 10.2. The first-order valence-electron chi connectivity index (χ1n) is 5.11. The maximum absolute atomic E-state index is 12.5. The van der Waals surface area contributed by atoms with E-state index in [1.807, 2.05) is 0 Å². The van der Waals surface area contributed by atoms with E-state index < -0.39 is 27.6 Å². The summed E-state index contributed by atoms with van der Waals surface area (Å²) in [5.74, 6) is -0.136. The van der Waals surface area contributed by atoms with Crippen LogP contribution in [0.5, 0.6) is 0 Å². The average Bonchev–Trinajstić information content (AvgIpc) is 2.57. The van der Waals surface area contributed by atoms with Crippen LogP contribution in [0.25, 0.3) is 0 Å². The third kappa shape index (κ3) is 3.04. The van der Waals surface area contributed by atoms with E-state index in [0.717, 1.165) is 17.5 Å². The Bertz CT molecular complexity index is 578. The number of hydrogen-bond acceptors (Lipinski definition) is 3. The largest absolute Gasteiger partial charge is 0.416 e. The third-order valence-electron chi connectivity index (χ3n) is 2.47. The second kappa shape index (κ2) is 4.31. The summed E-state index contributed by atoms with van der Waals surface area (Å²) >= 11 is 0. The van der Waals surface area contributed by atoms with Crippen LogP contribution in [-0.2, 0) is 16.0 Å². The van der Waals surface area contributed by atoms with Gasteiger partial charge in [0, 0.05) is 11.1 Å². The molecule has 0 saturated heterocycles. The van der Waals surface area contributed by atoms with Gasteiger partial charge in [-0.25, -0.2) is 8.42 Å². The Balaban J connectivity index is 2.14. The molecule has 0 fully saturated rings. The second-order valence-corrected chi connectivity index (χ2v) is 5.92. The van der Waals surface area contributed by atoms with Crippen molar-refractivity contribution >= 4 is 15.5 Å². The molecule has 0 amide bonds. The number of sulfone groups is 1. The van der Waals surface area contributed by atoms with Gasteiger partial charge in [-0.15, -0.1) is 0 Å². The van der Waals surface area contributed by atoms with Crippen molar-refractivity contribution in [2.45, 2.75) is 12.2 Å². The Morgan fingerprint density at radius 1 is 1.28 bits per heavy atom. The molecule has 1 atom stereocenters. The van der Waals surface area contributed by atoms with E-state index in [4.69, 9.17) is 0 Å². The van der Waals surface area contributed by atoms with E-state index >= 15 is 0 Å². The zero-order valence-electron chi connectivity index (χ0n) is 9.11. The minimum absolute atomic E-state index is 0.136.